The maximum absolute atomic E-state index is 12.0. The SMILES string of the molecule is CCNC(=O)CCNS(=O)(=O)c1ccc(C(N)=O)cc1N. The van der Waals surface area contributed by atoms with Crippen LogP contribution in [0.2, 0.25) is 0 Å². The smallest absolute Gasteiger partial charge is 0.248 e. The molecule has 1 aromatic rings. The molecule has 2 amide bonds. The molecule has 0 atom stereocenters. The van der Waals surface area contributed by atoms with Crippen molar-refractivity contribution in [2.45, 2.75) is 18.2 Å². The number of amides is 2. The highest BCUT2D eigenvalue weighted by Crippen LogP contribution is 2.19. The molecular formula is C12H18N4O4S. The first kappa shape index (κ1) is 16.9. The van der Waals surface area contributed by atoms with E-state index in [2.05, 4.69) is 10.0 Å². The Hall–Kier alpha value is -2.13. The number of benzene rings is 1. The Morgan fingerprint density at radius 1 is 1.29 bits per heavy atom. The standard InChI is InChI=1S/C12H18N4O4S/c1-2-15-11(17)5-6-16-21(19,20)10-4-3-8(12(14)18)7-9(10)13/h3-4,7,16H,2,5-6,13H2,1H3,(H2,14,18)(H,15,17). The van der Waals surface area contributed by atoms with Crippen molar-refractivity contribution in [1.29, 1.82) is 0 Å². The maximum atomic E-state index is 12.0. The average molecular weight is 314 g/mol. The van der Waals surface area contributed by atoms with E-state index >= 15 is 0 Å². The number of nitrogen functional groups attached to an aromatic ring is 1. The van der Waals surface area contributed by atoms with Crippen molar-refractivity contribution in [3.05, 3.63) is 23.8 Å². The first-order valence-corrected chi connectivity index (χ1v) is 7.72. The fourth-order valence-electron chi connectivity index (χ4n) is 1.61. The minimum absolute atomic E-state index is 0.0202. The normalized spacial score (nSPS) is 11.1. The van der Waals surface area contributed by atoms with Gasteiger partial charge in [-0.2, -0.15) is 0 Å². The van der Waals surface area contributed by atoms with E-state index in [9.17, 15) is 18.0 Å². The molecule has 0 aliphatic heterocycles. The zero-order valence-corrected chi connectivity index (χ0v) is 12.4. The Labute approximate surface area is 122 Å². The van der Waals surface area contributed by atoms with E-state index in [4.69, 9.17) is 11.5 Å². The average Bonchev–Trinajstić information content (AvgIpc) is 2.38. The number of hydrogen-bond acceptors (Lipinski definition) is 5. The fourth-order valence-corrected chi connectivity index (χ4v) is 2.75. The van der Waals surface area contributed by atoms with E-state index in [0.717, 1.165) is 0 Å². The number of rotatable bonds is 7. The van der Waals surface area contributed by atoms with E-state index in [-0.39, 0.29) is 35.0 Å². The van der Waals surface area contributed by atoms with Crippen LogP contribution in [0.15, 0.2) is 23.1 Å². The predicted molar refractivity (Wildman–Crippen MR) is 77.9 cm³/mol. The Balaban J connectivity index is 2.79. The highest BCUT2D eigenvalue weighted by Gasteiger charge is 2.18. The molecule has 8 nitrogen and oxygen atoms in total. The van der Waals surface area contributed by atoms with Crippen molar-refractivity contribution in [2.75, 3.05) is 18.8 Å². The molecule has 0 saturated heterocycles. The van der Waals surface area contributed by atoms with Crippen LogP contribution >= 0.6 is 0 Å². The van der Waals surface area contributed by atoms with Gasteiger partial charge in [0.05, 0.1) is 5.69 Å². The second-order valence-corrected chi connectivity index (χ2v) is 5.95. The summed E-state index contributed by atoms with van der Waals surface area (Å²) < 4.78 is 26.3. The van der Waals surface area contributed by atoms with Crippen molar-refractivity contribution < 1.29 is 18.0 Å². The molecule has 0 bridgehead atoms. The van der Waals surface area contributed by atoms with Gasteiger partial charge < -0.3 is 16.8 Å². The maximum Gasteiger partial charge on any atom is 0.248 e. The van der Waals surface area contributed by atoms with E-state index < -0.39 is 15.9 Å². The summed E-state index contributed by atoms with van der Waals surface area (Å²) in [6.45, 7) is 2.20. The first-order chi connectivity index (χ1) is 9.77. The molecule has 0 saturated carbocycles. The summed E-state index contributed by atoms with van der Waals surface area (Å²) in [6, 6.07) is 3.67. The second kappa shape index (κ2) is 7.04. The van der Waals surface area contributed by atoms with Gasteiger partial charge in [0.15, 0.2) is 0 Å². The topological polar surface area (TPSA) is 144 Å². The summed E-state index contributed by atoms with van der Waals surface area (Å²) in [7, 11) is -3.85. The summed E-state index contributed by atoms with van der Waals surface area (Å²) in [6.07, 6.45) is 0.0202. The molecule has 0 unspecified atom stereocenters. The molecule has 0 aliphatic rings. The van der Waals surface area contributed by atoms with Crippen LogP contribution in [0.1, 0.15) is 23.7 Å². The lowest BCUT2D eigenvalue weighted by molar-refractivity contribution is -0.120. The summed E-state index contributed by atoms with van der Waals surface area (Å²) in [4.78, 5) is 22.0. The van der Waals surface area contributed by atoms with E-state index in [1.807, 2.05) is 0 Å². The zero-order chi connectivity index (χ0) is 16.0. The summed E-state index contributed by atoms with van der Waals surface area (Å²) in [5.41, 5.74) is 10.7. The number of hydrogen-bond donors (Lipinski definition) is 4. The number of carbonyl (C=O) groups is 2. The quantitative estimate of drug-likeness (QED) is 0.486. The molecule has 0 aromatic heterocycles. The Morgan fingerprint density at radius 2 is 1.95 bits per heavy atom. The van der Waals surface area contributed by atoms with E-state index in [1.54, 1.807) is 6.92 Å². The van der Waals surface area contributed by atoms with Crippen molar-refractivity contribution in [3.63, 3.8) is 0 Å². The number of nitrogens with one attached hydrogen (secondary N) is 2. The van der Waals surface area contributed by atoms with Gasteiger partial charge in [-0.15, -0.1) is 0 Å². The predicted octanol–water partition coefficient (Wildman–Crippen LogP) is -0.828. The van der Waals surface area contributed by atoms with Crippen molar-refractivity contribution in [2.24, 2.45) is 5.73 Å². The van der Waals surface area contributed by atoms with Crippen LogP contribution in [0, 0.1) is 0 Å². The van der Waals surface area contributed by atoms with Gasteiger partial charge in [0, 0.05) is 25.1 Å². The lowest BCUT2D eigenvalue weighted by Gasteiger charge is -2.09. The van der Waals surface area contributed by atoms with E-state index in [1.165, 1.54) is 18.2 Å². The lowest BCUT2D eigenvalue weighted by Crippen LogP contribution is -2.31. The summed E-state index contributed by atoms with van der Waals surface area (Å²) >= 11 is 0. The Morgan fingerprint density at radius 3 is 2.48 bits per heavy atom. The fraction of sp³-hybridized carbons (Fsp3) is 0.333. The largest absolute Gasteiger partial charge is 0.398 e. The lowest BCUT2D eigenvalue weighted by atomic mass is 10.2. The number of sulfonamides is 1. The van der Waals surface area contributed by atoms with Crippen LogP contribution in [-0.4, -0.2) is 33.3 Å². The van der Waals surface area contributed by atoms with Gasteiger partial charge in [0.1, 0.15) is 4.90 Å². The molecule has 6 N–H and O–H groups in total. The third-order valence-electron chi connectivity index (χ3n) is 2.60. The monoisotopic (exact) mass is 314 g/mol. The van der Waals surface area contributed by atoms with Gasteiger partial charge in [-0.3, -0.25) is 9.59 Å². The minimum Gasteiger partial charge on any atom is -0.398 e. The van der Waals surface area contributed by atoms with Gasteiger partial charge in [0.2, 0.25) is 21.8 Å². The van der Waals surface area contributed by atoms with Gasteiger partial charge in [-0.1, -0.05) is 0 Å². The first-order valence-electron chi connectivity index (χ1n) is 6.23. The highest BCUT2D eigenvalue weighted by atomic mass is 32.2. The molecular weight excluding hydrogens is 296 g/mol. The summed E-state index contributed by atoms with van der Waals surface area (Å²) in [5.74, 6) is -0.952. The molecule has 0 radical (unpaired) electrons. The number of primary amides is 1. The molecule has 0 spiro atoms. The molecule has 0 aliphatic carbocycles. The van der Waals surface area contributed by atoms with Crippen LogP contribution in [0.5, 0.6) is 0 Å². The Bertz CT molecular complexity index is 643. The summed E-state index contributed by atoms with van der Waals surface area (Å²) in [5, 5.41) is 2.55. The number of carbonyl (C=O) groups excluding carboxylic acids is 2. The molecule has 1 rings (SSSR count). The molecule has 21 heavy (non-hydrogen) atoms. The zero-order valence-electron chi connectivity index (χ0n) is 11.5. The van der Waals surface area contributed by atoms with Crippen LogP contribution in [0.4, 0.5) is 5.69 Å². The third-order valence-corrected chi connectivity index (χ3v) is 4.14. The van der Waals surface area contributed by atoms with Crippen LogP contribution in [0.3, 0.4) is 0 Å². The molecule has 0 heterocycles. The minimum atomic E-state index is -3.85. The van der Waals surface area contributed by atoms with Crippen molar-refractivity contribution in [1.82, 2.24) is 10.0 Å². The van der Waals surface area contributed by atoms with Crippen molar-refractivity contribution >= 4 is 27.5 Å². The van der Waals surface area contributed by atoms with Gasteiger partial charge in [-0.25, -0.2) is 13.1 Å². The highest BCUT2D eigenvalue weighted by molar-refractivity contribution is 7.89. The molecule has 0 fully saturated rings. The second-order valence-electron chi connectivity index (χ2n) is 4.22. The molecule has 9 heteroatoms. The van der Waals surface area contributed by atoms with Crippen LogP contribution in [0.25, 0.3) is 0 Å². The van der Waals surface area contributed by atoms with Gasteiger partial charge >= 0.3 is 0 Å². The van der Waals surface area contributed by atoms with E-state index in [0.29, 0.717) is 6.54 Å². The van der Waals surface area contributed by atoms with Gasteiger partial charge in [0.25, 0.3) is 0 Å². The van der Waals surface area contributed by atoms with Crippen molar-refractivity contribution in [3.8, 4) is 0 Å². The molecule has 116 valence electrons. The van der Waals surface area contributed by atoms with Crippen LogP contribution < -0.4 is 21.5 Å². The van der Waals surface area contributed by atoms with Crippen LogP contribution in [-0.2, 0) is 14.8 Å². The molecule has 1 aromatic carbocycles. The van der Waals surface area contributed by atoms with Gasteiger partial charge in [-0.05, 0) is 25.1 Å². The number of nitrogens with two attached hydrogens (primary N) is 2. The Kier molecular flexibility index (Phi) is 5.68. The number of anilines is 1. The third kappa shape index (κ3) is 4.72.